The van der Waals surface area contributed by atoms with Crippen molar-refractivity contribution in [1.82, 2.24) is 4.90 Å². The van der Waals surface area contributed by atoms with Crippen LogP contribution in [0, 0.1) is 29.2 Å². The summed E-state index contributed by atoms with van der Waals surface area (Å²) in [6.07, 6.45) is 3.41. The largest absolute Gasteiger partial charge is 0.481 e. The molecule has 1 N–H and O–H groups in total. The standard InChI is InChI=1S/C30H31F4NO2/c1-18(2)14-25(30(36)37)20-8-11-23(24(15-20)21-16-26(32)28(34)27(33)17-21)29(35-12-4-3-5-13-35)19-6-9-22(31)10-7-19/h6-11,15-18,25,29H,3-5,12-14H2,1-2H3,(H,36,37)/t25-,29?/m0/s1. The molecule has 1 saturated heterocycles. The predicted octanol–water partition coefficient (Wildman–Crippen LogP) is 7.70. The second-order valence-corrected chi connectivity index (χ2v) is 10.2. The Morgan fingerprint density at radius 3 is 2.03 bits per heavy atom. The van der Waals surface area contributed by atoms with Gasteiger partial charge in [0, 0.05) is 0 Å². The Hall–Kier alpha value is -3.19. The number of halogens is 4. The molecule has 7 heteroatoms. The van der Waals surface area contributed by atoms with E-state index in [-0.39, 0.29) is 23.3 Å². The third-order valence-electron chi connectivity index (χ3n) is 7.02. The van der Waals surface area contributed by atoms with Gasteiger partial charge in [0.2, 0.25) is 0 Å². The quantitative estimate of drug-likeness (QED) is 0.248. The van der Waals surface area contributed by atoms with Crippen LogP contribution in [0.15, 0.2) is 54.6 Å². The molecular weight excluding hydrogens is 482 g/mol. The lowest BCUT2D eigenvalue weighted by Gasteiger charge is -2.36. The van der Waals surface area contributed by atoms with Crippen molar-refractivity contribution in [2.24, 2.45) is 5.92 Å². The maximum Gasteiger partial charge on any atom is 0.310 e. The third-order valence-corrected chi connectivity index (χ3v) is 7.02. The van der Waals surface area contributed by atoms with Crippen LogP contribution in [0.3, 0.4) is 0 Å². The van der Waals surface area contributed by atoms with Gasteiger partial charge >= 0.3 is 5.97 Å². The van der Waals surface area contributed by atoms with E-state index in [1.54, 1.807) is 30.3 Å². The molecule has 1 fully saturated rings. The van der Waals surface area contributed by atoms with Gasteiger partial charge in [-0.3, -0.25) is 9.69 Å². The van der Waals surface area contributed by atoms with Gasteiger partial charge in [0.15, 0.2) is 17.5 Å². The number of carboxylic acids is 1. The maximum atomic E-state index is 14.4. The van der Waals surface area contributed by atoms with Gasteiger partial charge in [0.05, 0.1) is 12.0 Å². The summed E-state index contributed by atoms with van der Waals surface area (Å²) < 4.78 is 56.4. The fraction of sp³-hybridized carbons (Fsp3) is 0.367. The molecule has 37 heavy (non-hydrogen) atoms. The Morgan fingerprint density at radius 2 is 1.46 bits per heavy atom. The van der Waals surface area contributed by atoms with Crippen LogP contribution < -0.4 is 0 Å². The molecule has 3 aromatic rings. The number of aliphatic carboxylic acids is 1. The molecule has 0 radical (unpaired) electrons. The summed E-state index contributed by atoms with van der Waals surface area (Å²) in [5, 5.41) is 9.93. The molecule has 1 aliphatic rings. The number of likely N-dealkylation sites (tertiary alicyclic amines) is 1. The zero-order valence-corrected chi connectivity index (χ0v) is 21.0. The molecule has 196 valence electrons. The third kappa shape index (κ3) is 6.04. The van der Waals surface area contributed by atoms with Crippen LogP contribution in [0.1, 0.15) is 68.2 Å². The first-order valence-electron chi connectivity index (χ1n) is 12.7. The highest BCUT2D eigenvalue weighted by molar-refractivity contribution is 5.78. The molecule has 1 heterocycles. The topological polar surface area (TPSA) is 40.5 Å². The minimum Gasteiger partial charge on any atom is -0.481 e. The number of carbonyl (C=O) groups is 1. The number of hydrogen-bond donors (Lipinski definition) is 1. The maximum absolute atomic E-state index is 14.4. The molecule has 0 spiro atoms. The molecule has 3 nitrogen and oxygen atoms in total. The van der Waals surface area contributed by atoms with Gasteiger partial charge in [-0.15, -0.1) is 0 Å². The summed E-state index contributed by atoms with van der Waals surface area (Å²) in [4.78, 5) is 14.4. The molecule has 0 aliphatic carbocycles. The van der Waals surface area contributed by atoms with E-state index in [1.165, 1.54) is 12.1 Å². The van der Waals surface area contributed by atoms with Crippen LogP contribution in [-0.4, -0.2) is 29.1 Å². The zero-order valence-electron chi connectivity index (χ0n) is 21.0. The second-order valence-electron chi connectivity index (χ2n) is 10.2. The van der Waals surface area contributed by atoms with Crippen LogP contribution in [0.5, 0.6) is 0 Å². The first-order valence-corrected chi connectivity index (χ1v) is 12.7. The SMILES string of the molecule is CC(C)C[C@H](C(=O)O)c1ccc(C(c2ccc(F)cc2)N2CCCCC2)c(-c2cc(F)c(F)c(F)c2)c1. The van der Waals surface area contributed by atoms with Crippen LogP contribution in [0.25, 0.3) is 11.1 Å². The predicted molar refractivity (Wildman–Crippen MR) is 135 cm³/mol. The lowest BCUT2D eigenvalue weighted by Crippen LogP contribution is -2.34. The summed E-state index contributed by atoms with van der Waals surface area (Å²) in [5.41, 5.74) is 2.53. The Morgan fingerprint density at radius 1 is 0.865 bits per heavy atom. The molecule has 0 saturated carbocycles. The molecular formula is C30H31F4NO2. The van der Waals surface area contributed by atoms with E-state index in [0.29, 0.717) is 23.1 Å². The van der Waals surface area contributed by atoms with Crippen molar-refractivity contribution in [3.05, 3.63) is 94.6 Å². The minimum atomic E-state index is -1.56. The molecule has 1 unspecified atom stereocenters. The Labute approximate surface area is 214 Å². The number of benzene rings is 3. The molecule has 4 rings (SSSR count). The molecule has 3 aromatic carbocycles. The van der Waals surface area contributed by atoms with Crippen molar-refractivity contribution < 1.29 is 27.5 Å². The van der Waals surface area contributed by atoms with Gasteiger partial charge in [-0.25, -0.2) is 17.6 Å². The number of piperidine rings is 1. The molecule has 0 bridgehead atoms. The number of rotatable bonds is 8. The monoisotopic (exact) mass is 513 g/mol. The van der Waals surface area contributed by atoms with E-state index in [9.17, 15) is 27.5 Å². The Bertz CT molecular complexity index is 1230. The van der Waals surface area contributed by atoms with Crippen molar-refractivity contribution in [2.75, 3.05) is 13.1 Å². The number of carboxylic acid groups (broad SMARTS) is 1. The van der Waals surface area contributed by atoms with Crippen LogP contribution >= 0.6 is 0 Å². The zero-order chi connectivity index (χ0) is 26.7. The van der Waals surface area contributed by atoms with Crippen LogP contribution in [0.4, 0.5) is 17.6 Å². The molecule has 0 aromatic heterocycles. The number of nitrogens with zero attached hydrogens (tertiary/aromatic N) is 1. The van der Waals surface area contributed by atoms with Gasteiger partial charge in [-0.1, -0.05) is 44.5 Å². The van der Waals surface area contributed by atoms with Crippen LogP contribution in [-0.2, 0) is 4.79 Å². The minimum absolute atomic E-state index is 0.102. The van der Waals surface area contributed by atoms with Crippen molar-refractivity contribution in [1.29, 1.82) is 0 Å². The average Bonchev–Trinajstić information content (AvgIpc) is 2.87. The van der Waals surface area contributed by atoms with Gasteiger partial charge in [0.1, 0.15) is 5.82 Å². The lowest BCUT2D eigenvalue weighted by molar-refractivity contribution is -0.139. The Kier molecular flexibility index (Phi) is 8.32. The summed E-state index contributed by atoms with van der Waals surface area (Å²) in [6.45, 7) is 5.41. The van der Waals surface area contributed by atoms with Gasteiger partial charge in [-0.05, 0) is 96.4 Å². The van der Waals surface area contributed by atoms with Gasteiger partial charge < -0.3 is 5.11 Å². The highest BCUT2D eigenvalue weighted by atomic mass is 19.2. The van der Waals surface area contributed by atoms with E-state index in [2.05, 4.69) is 4.90 Å². The van der Waals surface area contributed by atoms with E-state index in [0.717, 1.165) is 50.0 Å². The first-order chi connectivity index (χ1) is 17.7. The van der Waals surface area contributed by atoms with E-state index >= 15 is 0 Å². The fourth-order valence-electron chi connectivity index (χ4n) is 5.25. The van der Waals surface area contributed by atoms with Crippen molar-refractivity contribution in [3.8, 4) is 11.1 Å². The normalized spacial score (nSPS) is 16.1. The van der Waals surface area contributed by atoms with E-state index in [1.807, 2.05) is 13.8 Å². The highest BCUT2D eigenvalue weighted by Crippen LogP contribution is 2.40. The van der Waals surface area contributed by atoms with Crippen molar-refractivity contribution in [3.63, 3.8) is 0 Å². The van der Waals surface area contributed by atoms with Crippen molar-refractivity contribution >= 4 is 5.97 Å². The Balaban J connectivity index is 1.95. The summed E-state index contributed by atoms with van der Waals surface area (Å²) in [7, 11) is 0. The second kappa shape index (κ2) is 11.5. The summed E-state index contributed by atoms with van der Waals surface area (Å²) in [5.74, 6) is -6.28. The summed E-state index contributed by atoms with van der Waals surface area (Å²) >= 11 is 0. The van der Waals surface area contributed by atoms with Crippen molar-refractivity contribution in [2.45, 2.75) is 51.5 Å². The van der Waals surface area contributed by atoms with Crippen LogP contribution in [0.2, 0.25) is 0 Å². The number of hydrogen-bond acceptors (Lipinski definition) is 2. The lowest BCUT2D eigenvalue weighted by atomic mass is 9.84. The molecule has 2 atom stereocenters. The molecule has 1 aliphatic heterocycles. The molecule has 0 amide bonds. The van der Waals surface area contributed by atoms with E-state index in [4.69, 9.17) is 0 Å². The van der Waals surface area contributed by atoms with Gasteiger partial charge in [-0.2, -0.15) is 0 Å². The van der Waals surface area contributed by atoms with Gasteiger partial charge in [0.25, 0.3) is 0 Å². The average molecular weight is 514 g/mol. The highest BCUT2D eigenvalue weighted by Gasteiger charge is 2.29. The smallest absolute Gasteiger partial charge is 0.310 e. The summed E-state index contributed by atoms with van der Waals surface area (Å²) in [6, 6.07) is 12.8. The first kappa shape index (κ1) is 26.9. The van der Waals surface area contributed by atoms with E-state index < -0.39 is 29.3 Å². The fourth-order valence-corrected chi connectivity index (χ4v) is 5.25.